The molecule has 2 aromatic rings. The van der Waals surface area contributed by atoms with Crippen LogP contribution in [0.25, 0.3) is 11.0 Å². The van der Waals surface area contributed by atoms with Crippen LogP contribution in [0.15, 0.2) is 18.2 Å². The highest BCUT2D eigenvalue weighted by atomic mass is 19.4. The molecule has 0 aliphatic carbocycles. The first kappa shape index (κ1) is 14.7. The first-order valence-corrected chi connectivity index (χ1v) is 6.72. The third kappa shape index (κ3) is 3.43. The summed E-state index contributed by atoms with van der Waals surface area (Å²) in [6, 6.07) is 5.46. The summed E-state index contributed by atoms with van der Waals surface area (Å²) in [5.74, 6) is 0.887. The van der Waals surface area contributed by atoms with Crippen LogP contribution in [0.2, 0.25) is 0 Å². The molecule has 0 aliphatic rings. The van der Waals surface area contributed by atoms with Crippen molar-refractivity contribution in [2.45, 2.75) is 45.3 Å². The van der Waals surface area contributed by atoms with Gasteiger partial charge in [0.05, 0.1) is 11.0 Å². The van der Waals surface area contributed by atoms with Gasteiger partial charge in [-0.05, 0) is 31.0 Å². The molecule has 2 N–H and O–H groups in total. The molecule has 1 aromatic carbocycles. The summed E-state index contributed by atoms with van der Waals surface area (Å²) >= 11 is 0. The van der Waals surface area contributed by atoms with Crippen molar-refractivity contribution in [3.8, 4) is 0 Å². The number of nitrogen functional groups attached to an aromatic ring is 1. The van der Waals surface area contributed by atoms with Gasteiger partial charge in [0.2, 0.25) is 0 Å². The van der Waals surface area contributed by atoms with Crippen LogP contribution in [0.5, 0.6) is 0 Å². The number of fused-ring (bicyclic) bond motifs is 1. The van der Waals surface area contributed by atoms with Crippen molar-refractivity contribution in [1.82, 2.24) is 9.55 Å². The van der Waals surface area contributed by atoms with E-state index in [2.05, 4.69) is 4.98 Å². The molecule has 6 heteroatoms. The summed E-state index contributed by atoms with van der Waals surface area (Å²) in [6.45, 7) is 2.54. The number of unbranched alkanes of at least 4 members (excludes halogenated alkanes) is 1. The van der Waals surface area contributed by atoms with Gasteiger partial charge in [0.1, 0.15) is 5.82 Å². The largest absolute Gasteiger partial charge is 0.399 e. The zero-order valence-corrected chi connectivity index (χ0v) is 11.4. The fourth-order valence-electron chi connectivity index (χ4n) is 2.31. The van der Waals surface area contributed by atoms with Crippen molar-refractivity contribution in [1.29, 1.82) is 0 Å². The number of imidazole rings is 1. The van der Waals surface area contributed by atoms with Gasteiger partial charge in [-0.3, -0.25) is 0 Å². The van der Waals surface area contributed by atoms with E-state index in [0.29, 0.717) is 18.7 Å². The third-order valence-corrected chi connectivity index (χ3v) is 3.26. The van der Waals surface area contributed by atoms with Crippen LogP contribution in [-0.4, -0.2) is 15.7 Å². The van der Waals surface area contributed by atoms with Gasteiger partial charge in [-0.2, -0.15) is 13.2 Å². The predicted octanol–water partition coefficient (Wildman–Crippen LogP) is 3.91. The Morgan fingerprint density at radius 1 is 1.25 bits per heavy atom. The lowest BCUT2D eigenvalue weighted by atomic mass is 10.2. The molecule has 0 aliphatic heterocycles. The van der Waals surface area contributed by atoms with Gasteiger partial charge in [-0.15, -0.1) is 0 Å². The van der Waals surface area contributed by atoms with Crippen LogP contribution in [0.4, 0.5) is 18.9 Å². The molecular formula is C14H18F3N3. The summed E-state index contributed by atoms with van der Waals surface area (Å²) in [5.41, 5.74) is 8.10. The molecule has 0 fully saturated rings. The van der Waals surface area contributed by atoms with Crippen LogP contribution in [0.1, 0.15) is 32.0 Å². The number of rotatable bonds is 5. The standard InChI is InChI=1S/C14H18F3N3/c1-2-13-19-11-9-10(18)5-6-12(11)20(13)8-4-3-7-14(15,16)17/h5-6,9H,2-4,7-8,18H2,1H3. The lowest BCUT2D eigenvalue weighted by Gasteiger charge is -2.09. The van der Waals surface area contributed by atoms with Crippen molar-refractivity contribution in [2.24, 2.45) is 0 Å². The Morgan fingerprint density at radius 3 is 2.65 bits per heavy atom. The number of aromatic nitrogens is 2. The van der Waals surface area contributed by atoms with Crippen molar-refractivity contribution >= 4 is 16.7 Å². The van der Waals surface area contributed by atoms with Crippen LogP contribution in [0.3, 0.4) is 0 Å². The molecule has 0 radical (unpaired) electrons. The first-order valence-electron chi connectivity index (χ1n) is 6.72. The molecule has 0 amide bonds. The SMILES string of the molecule is CCc1nc2cc(N)ccc2n1CCCCC(F)(F)F. The number of benzene rings is 1. The van der Waals surface area contributed by atoms with Crippen LogP contribution >= 0.6 is 0 Å². The minimum atomic E-state index is -4.07. The maximum Gasteiger partial charge on any atom is 0.389 e. The van der Waals surface area contributed by atoms with Gasteiger partial charge >= 0.3 is 6.18 Å². The smallest absolute Gasteiger partial charge is 0.389 e. The molecule has 3 nitrogen and oxygen atoms in total. The molecule has 0 bridgehead atoms. The van der Waals surface area contributed by atoms with Crippen LogP contribution in [0, 0.1) is 0 Å². The summed E-state index contributed by atoms with van der Waals surface area (Å²) in [6.07, 6.45) is -3.43. The molecule has 0 saturated carbocycles. The van der Waals surface area contributed by atoms with E-state index in [1.54, 1.807) is 12.1 Å². The molecule has 0 spiro atoms. The Bertz CT molecular complexity index is 587. The third-order valence-electron chi connectivity index (χ3n) is 3.26. The second kappa shape index (κ2) is 5.73. The van der Waals surface area contributed by atoms with E-state index in [1.165, 1.54) is 0 Å². The highest BCUT2D eigenvalue weighted by Gasteiger charge is 2.25. The Hall–Kier alpha value is -1.72. The van der Waals surface area contributed by atoms with E-state index in [1.807, 2.05) is 17.6 Å². The van der Waals surface area contributed by atoms with Crippen molar-refractivity contribution in [2.75, 3.05) is 5.73 Å². The minimum Gasteiger partial charge on any atom is -0.399 e. The quantitative estimate of drug-likeness (QED) is 0.668. The number of nitrogens with zero attached hydrogens (tertiary/aromatic N) is 2. The molecule has 1 aromatic heterocycles. The Morgan fingerprint density at radius 2 is 2.00 bits per heavy atom. The zero-order chi connectivity index (χ0) is 14.8. The molecule has 0 atom stereocenters. The molecule has 20 heavy (non-hydrogen) atoms. The highest BCUT2D eigenvalue weighted by Crippen LogP contribution is 2.24. The molecule has 1 heterocycles. The Labute approximate surface area is 115 Å². The first-order chi connectivity index (χ1) is 9.40. The predicted molar refractivity (Wildman–Crippen MR) is 73.4 cm³/mol. The Kier molecular flexibility index (Phi) is 4.20. The number of hydrogen-bond acceptors (Lipinski definition) is 2. The number of hydrogen-bond donors (Lipinski definition) is 1. The maximum atomic E-state index is 12.1. The van der Waals surface area contributed by atoms with Gasteiger partial charge < -0.3 is 10.3 Å². The molecule has 2 rings (SSSR count). The summed E-state index contributed by atoms with van der Waals surface area (Å²) in [7, 11) is 0. The van der Waals surface area contributed by atoms with Crippen molar-refractivity contribution in [3.05, 3.63) is 24.0 Å². The summed E-state index contributed by atoms with van der Waals surface area (Å²) in [5, 5.41) is 0. The molecule has 110 valence electrons. The monoisotopic (exact) mass is 285 g/mol. The molecule has 0 saturated heterocycles. The average Bonchev–Trinajstić information content (AvgIpc) is 2.70. The topological polar surface area (TPSA) is 43.8 Å². The summed E-state index contributed by atoms with van der Waals surface area (Å²) in [4.78, 5) is 4.48. The number of anilines is 1. The van der Waals surface area contributed by atoms with Crippen molar-refractivity contribution in [3.63, 3.8) is 0 Å². The van der Waals surface area contributed by atoms with Gasteiger partial charge in [0.15, 0.2) is 0 Å². The lowest BCUT2D eigenvalue weighted by molar-refractivity contribution is -0.135. The Balaban J connectivity index is 2.12. The number of alkyl halides is 3. The van der Waals surface area contributed by atoms with Gasteiger partial charge in [-0.25, -0.2) is 4.98 Å². The number of aryl methyl sites for hydroxylation is 2. The van der Waals surface area contributed by atoms with E-state index in [-0.39, 0.29) is 6.42 Å². The second-order valence-electron chi connectivity index (χ2n) is 4.85. The van der Waals surface area contributed by atoms with E-state index in [9.17, 15) is 13.2 Å². The fourth-order valence-corrected chi connectivity index (χ4v) is 2.31. The van der Waals surface area contributed by atoms with E-state index in [4.69, 9.17) is 5.73 Å². The van der Waals surface area contributed by atoms with Crippen LogP contribution in [-0.2, 0) is 13.0 Å². The van der Waals surface area contributed by atoms with E-state index >= 15 is 0 Å². The number of halogens is 3. The average molecular weight is 285 g/mol. The zero-order valence-electron chi connectivity index (χ0n) is 11.4. The van der Waals surface area contributed by atoms with Gasteiger partial charge in [0.25, 0.3) is 0 Å². The summed E-state index contributed by atoms with van der Waals surface area (Å²) < 4.78 is 38.4. The van der Waals surface area contributed by atoms with Crippen molar-refractivity contribution < 1.29 is 13.2 Å². The normalized spacial score (nSPS) is 12.2. The van der Waals surface area contributed by atoms with E-state index < -0.39 is 12.6 Å². The van der Waals surface area contributed by atoms with Crippen LogP contribution < -0.4 is 5.73 Å². The highest BCUT2D eigenvalue weighted by molar-refractivity contribution is 5.79. The fraction of sp³-hybridized carbons (Fsp3) is 0.500. The lowest BCUT2D eigenvalue weighted by Crippen LogP contribution is -2.08. The molecule has 0 unspecified atom stereocenters. The van der Waals surface area contributed by atoms with Gasteiger partial charge in [-0.1, -0.05) is 6.92 Å². The van der Waals surface area contributed by atoms with Gasteiger partial charge in [0, 0.05) is 25.1 Å². The maximum absolute atomic E-state index is 12.1. The number of nitrogens with two attached hydrogens (primary N) is 1. The second-order valence-corrected chi connectivity index (χ2v) is 4.85. The molecular weight excluding hydrogens is 267 g/mol. The van der Waals surface area contributed by atoms with E-state index in [0.717, 1.165) is 23.3 Å². The minimum absolute atomic E-state index is 0.140.